The molecule has 5 aliphatic rings. The number of nitrogen functional groups attached to an aromatic ring is 1. The maximum atomic E-state index is 13.0. The molecule has 5 aliphatic heterocycles. The van der Waals surface area contributed by atoms with E-state index in [1.54, 1.807) is 10.3 Å². The zero-order valence-corrected chi connectivity index (χ0v) is 20.6. The average molecular weight is 510 g/mol. The molecule has 1 aromatic heterocycles. The van der Waals surface area contributed by atoms with Gasteiger partial charge in [-0.15, -0.1) is 23.1 Å². The fraction of sp³-hybridized carbons (Fsp3) is 0.667. The number of oxime groups is 1. The van der Waals surface area contributed by atoms with Crippen LogP contribution in [0.4, 0.5) is 5.13 Å². The van der Waals surface area contributed by atoms with Crippen molar-refractivity contribution < 1.29 is 28.8 Å². The number of carbonyl (C=O) groups is 3. The van der Waals surface area contributed by atoms with E-state index in [-0.39, 0.29) is 34.4 Å². The molecule has 2 amide bonds. The quantitative estimate of drug-likeness (QED) is 0.204. The molecule has 13 heteroatoms. The number of piperidine rings is 3. The maximum Gasteiger partial charge on any atom is 0.318 e. The summed E-state index contributed by atoms with van der Waals surface area (Å²) in [6.45, 7) is 3.83. The Morgan fingerprint density at radius 2 is 2.09 bits per heavy atom. The molecule has 2 bridgehead atoms. The molecule has 1 unspecified atom stereocenters. The van der Waals surface area contributed by atoms with Crippen molar-refractivity contribution in [3.63, 3.8) is 0 Å². The van der Waals surface area contributed by atoms with Gasteiger partial charge < -0.3 is 30.4 Å². The topological polar surface area (TPSA) is 147 Å². The van der Waals surface area contributed by atoms with Crippen LogP contribution in [0.1, 0.15) is 25.0 Å². The molecule has 0 aliphatic carbocycles. The molecule has 34 heavy (non-hydrogen) atoms. The highest BCUT2D eigenvalue weighted by Gasteiger charge is 2.60. The number of nitrogens with two attached hydrogens (primary N) is 1. The number of nitrogens with one attached hydrogen (secondary N) is 1. The minimum absolute atomic E-state index is 0.0632. The first-order chi connectivity index (χ1) is 16.3. The van der Waals surface area contributed by atoms with Gasteiger partial charge in [-0.25, -0.2) is 4.98 Å². The fourth-order valence-electron chi connectivity index (χ4n) is 5.84. The van der Waals surface area contributed by atoms with Gasteiger partial charge in [-0.05, 0) is 25.2 Å². The van der Waals surface area contributed by atoms with Crippen LogP contribution in [0.5, 0.6) is 0 Å². The Bertz CT molecular complexity index is 1020. The molecule has 3 atom stereocenters. The van der Waals surface area contributed by atoms with Crippen LogP contribution in [-0.2, 0) is 19.2 Å². The lowest BCUT2D eigenvalue weighted by Gasteiger charge is -2.57. The normalized spacial score (nSPS) is 34.9. The molecule has 6 heterocycles. The number of hydrogen-bond acceptors (Lipinski definition) is 9. The van der Waals surface area contributed by atoms with E-state index in [2.05, 4.69) is 15.5 Å². The van der Waals surface area contributed by atoms with E-state index in [9.17, 15) is 19.5 Å². The molecular formula is C21H29N6O5S2+. The summed E-state index contributed by atoms with van der Waals surface area (Å²) in [4.78, 5) is 48.9. The molecule has 0 spiro atoms. The van der Waals surface area contributed by atoms with E-state index in [1.807, 2.05) is 0 Å². The molecule has 5 fully saturated rings. The van der Waals surface area contributed by atoms with Crippen molar-refractivity contribution in [1.82, 2.24) is 15.2 Å². The highest BCUT2D eigenvalue weighted by atomic mass is 32.2. The number of anilines is 1. The summed E-state index contributed by atoms with van der Waals surface area (Å²) >= 11 is 2.60. The number of thioether (sulfide) groups is 1. The predicted octanol–water partition coefficient (Wildman–Crippen LogP) is 0.177. The summed E-state index contributed by atoms with van der Waals surface area (Å²) in [7, 11) is 1.32. The van der Waals surface area contributed by atoms with E-state index in [0.29, 0.717) is 12.3 Å². The van der Waals surface area contributed by atoms with Crippen molar-refractivity contribution in [2.75, 3.05) is 51.3 Å². The van der Waals surface area contributed by atoms with E-state index in [1.165, 1.54) is 30.2 Å². The Morgan fingerprint density at radius 3 is 2.68 bits per heavy atom. The summed E-state index contributed by atoms with van der Waals surface area (Å²) in [5.74, 6) is -0.499. The smallest absolute Gasteiger partial charge is 0.318 e. The Balaban J connectivity index is 1.27. The fourth-order valence-corrected chi connectivity index (χ4v) is 7.92. The number of thiazole rings is 1. The minimum atomic E-state index is -0.975. The molecule has 0 aromatic carbocycles. The van der Waals surface area contributed by atoms with E-state index >= 15 is 0 Å². The number of amides is 2. The van der Waals surface area contributed by atoms with Crippen molar-refractivity contribution in [2.45, 2.75) is 30.7 Å². The van der Waals surface area contributed by atoms with Crippen molar-refractivity contribution in [2.24, 2.45) is 16.5 Å². The lowest BCUT2D eigenvalue weighted by Crippen LogP contribution is -2.76. The minimum Gasteiger partial charge on any atom is -0.481 e. The standard InChI is InChI=1S/C21H28N6O5S2/c1-32-25-14(13-8-33-20(22)23-13)16(28)24-15-17(29)26-9-21(19(30)31,11-34-18(15)26)10-27-5-2-12(3-6-27)4-7-27/h8,12,15,18H,2-7,9-11H2,1H3,(H3-,22,23,24,28,30,31)/p+1/t12?,15-,18-,21?,27?/m1/s1. The Hall–Kier alpha value is -2.38. The van der Waals surface area contributed by atoms with Gasteiger partial charge in [0, 0.05) is 17.7 Å². The van der Waals surface area contributed by atoms with Gasteiger partial charge >= 0.3 is 5.97 Å². The van der Waals surface area contributed by atoms with Crippen molar-refractivity contribution in [3.05, 3.63) is 11.1 Å². The monoisotopic (exact) mass is 509 g/mol. The summed E-state index contributed by atoms with van der Waals surface area (Å²) in [5, 5.41) is 18.3. The zero-order chi connectivity index (χ0) is 24.1. The molecule has 11 nitrogen and oxygen atoms in total. The number of carbonyl (C=O) groups excluding carboxylic acids is 2. The average Bonchev–Trinajstić information content (AvgIpc) is 3.27. The second kappa shape index (κ2) is 8.68. The SMILES string of the molecule is CON=C(C(=O)N[C@@H]1C(=O)N2CC(C[N+]34CCC(CC3)CC4)(C(=O)O)CS[C@H]12)c1csc(N)n1. The number of quaternary nitrogens is 1. The van der Waals surface area contributed by atoms with Gasteiger partial charge in [0.25, 0.3) is 5.91 Å². The first-order valence-corrected chi connectivity index (χ1v) is 13.3. The van der Waals surface area contributed by atoms with Gasteiger partial charge in [0.2, 0.25) is 5.91 Å². The van der Waals surface area contributed by atoms with Gasteiger partial charge in [0.15, 0.2) is 10.8 Å². The molecule has 5 saturated heterocycles. The van der Waals surface area contributed by atoms with Crippen LogP contribution < -0.4 is 11.1 Å². The van der Waals surface area contributed by atoms with Crippen LogP contribution in [0.3, 0.4) is 0 Å². The van der Waals surface area contributed by atoms with Crippen LogP contribution in [0, 0.1) is 11.3 Å². The van der Waals surface area contributed by atoms with Crippen molar-refractivity contribution in [1.29, 1.82) is 0 Å². The number of fused-ring (bicyclic) bond motifs is 4. The number of hydrogen-bond donors (Lipinski definition) is 3. The number of aromatic nitrogens is 1. The third-order valence-corrected chi connectivity index (χ3v) is 9.98. The highest BCUT2D eigenvalue weighted by molar-refractivity contribution is 8.00. The molecular weight excluding hydrogens is 480 g/mol. The lowest BCUT2D eigenvalue weighted by molar-refractivity contribution is -0.947. The summed E-state index contributed by atoms with van der Waals surface area (Å²) in [6, 6.07) is -0.750. The first kappa shape index (κ1) is 23.4. The van der Waals surface area contributed by atoms with Crippen molar-refractivity contribution >= 4 is 51.7 Å². The van der Waals surface area contributed by atoms with Crippen LogP contribution in [0.25, 0.3) is 0 Å². The lowest BCUT2D eigenvalue weighted by atomic mass is 9.80. The van der Waals surface area contributed by atoms with Gasteiger partial charge in [-0.1, -0.05) is 5.16 Å². The highest BCUT2D eigenvalue weighted by Crippen LogP contribution is 2.45. The molecule has 0 radical (unpaired) electrons. The first-order valence-electron chi connectivity index (χ1n) is 11.4. The van der Waals surface area contributed by atoms with Crippen LogP contribution >= 0.6 is 23.1 Å². The number of rotatable bonds is 7. The second-order valence-corrected chi connectivity index (χ2v) is 11.8. The van der Waals surface area contributed by atoms with Crippen molar-refractivity contribution in [3.8, 4) is 0 Å². The molecule has 4 N–H and O–H groups in total. The van der Waals surface area contributed by atoms with E-state index < -0.39 is 23.3 Å². The summed E-state index contributed by atoms with van der Waals surface area (Å²) in [5.41, 5.74) is 4.90. The Labute approximate surface area is 205 Å². The molecule has 1 aromatic rings. The molecule has 184 valence electrons. The Kier molecular flexibility index (Phi) is 5.97. The third-order valence-electron chi connectivity index (χ3n) is 7.72. The maximum absolute atomic E-state index is 13.0. The molecule has 6 rings (SSSR count). The van der Waals surface area contributed by atoms with E-state index in [4.69, 9.17) is 10.6 Å². The number of nitrogens with zero attached hydrogens (tertiary/aromatic N) is 4. The van der Waals surface area contributed by atoms with Crippen LogP contribution in [0.15, 0.2) is 10.5 Å². The van der Waals surface area contributed by atoms with E-state index in [0.717, 1.165) is 49.3 Å². The Morgan fingerprint density at radius 1 is 1.38 bits per heavy atom. The largest absolute Gasteiger partial charge is 0.481 e. The van der Waals surface area contributed by atoms with Gasteiger partial charge in [-0.2, -0.15) is 0 Å². The van der Waals surface area contributed by atoms with Crippen LogP contribution in [-0.4, -0.2) is 100.0 Å². The summed E-state index contributed by atoms with van der Waals surface area (Å²) < 4.78 is 0.851. The second-order valence-electron chi connectivity index (χ2n) is 9.80. The predicted molar refractivity (Wildman–Crippen MR) is 127 cm³/mol. The summed E-state index contributed by atoms with van der Waals surface area (Å²) in [6.07, 6.45) is 3.49. The number of carboxylic acids is 1. The zero-order valence-electron chi connectivity index (χ0n) is 18.9. The van der Waals surface area contributed by atoms with Gasteiger partial charge in [0.05, 0.1) is 26.2 Å². The number of β-lactam (4-membered cyclic amide) rings is 1. The van der Waals surface area contributed by atoms with Gasteiger partial charge in [0.1, 0.15) is 29.6 Å². The number of aliphatic carboxylic acids is 1. The molecule has 0 saturated carbocycles. The third kappa shape index (κ3) is 3.93. The van der Waals surface area contributed by atoms with Crippen LogP contribution in [0.2, 0.25) is 0 Å². The van der Waals surface area contributed by atoms with Gasteiger partial charge in [-0.3, -0.25) is 14.4 Å². The number of carboxylic acid groups (broad SMARTS) is 1.